The van der Waals surface area contributed by atoms with Gasteiger partial charge in [-0.05, 0) is 44.5 Å². The van der Waals surface area contributed by atoms with Crippen molar-refractivity contribution in [2.75, 3.05) is 5.32 Å². The summed E-state index contributed by atoms with van der Waals surface area (Å²) in [4.78, 5) is 5.81. The van der Waals surface area contributed by atoms with Crippen LogP contribution in [-0.4, -0.2) is 4.98 Å². The Bertz CT molecular complexity index is 494. The van der Waals surface area contributed by atoms with Crippen molar-refractivity contribution in [2.24, 2.45) is 0 Å². The van der Waals surface area contributed by atoms with Crippen molar-refractivity contribution in [3.63, 3.8) is 0 Å². The fourth-order valence-electron chi connectivity index (χ4n) is 1.63. The molecule has 0 saturated carbocycles. The quantitative estimate of drug-likeness (QED) is 0.906. The van der Waals surface area contributed by atoms with Crippen LogP contribution in [0.2, 0.25) is 0 Å². The maximum Gasteiger partial charge on any atom is 0.112 e. The maximum absolute atomic E-state index is 4.51. The fraction of sp³-hybridized carbons (Fsp3) is 0.308. The van der Waals surface area contributed by atoms with E-state index >= 15 is 0 Å². The molecule has 1 aromatic heterocycles. The molecule has 17 heavy (non-hydrogen) atoms. The SMILES string of the molecule is Cc1cc(Br)cc(NCc2nc(C)c(C)s2)c1. The van der Waals surface area contributed by atoms with Crippen molar-refractivity contribution in [1.82, 2.24) is 4.98 Å². The predicted molar refractivity (Wildman–Crippen MR) is 77.8 cm³/mol. The van der Waals surface area contributed by atoms with Gasteiger partial charge in [-0.2, -0.15) is 0 Å². The molecule has 2 aromatic rings. The van der Waals surface area contributed by atoms with Crippen LogP contribution >= 0.6 is 27.3 Å². The molecule has 1 N–H and O–H groups in total. The number of aromatic nitrogens is 1. The Labute approximate surface area is 114 Å². The molecule has 0 radical (unpaired) electrons. The first-order valence-electron chi connectivity index (χ1n) is 5.48. The van der Waals surface area contributed by atoms with Gasteiger partial charge in [0.1, 0.15) is 5.01 Å². The third kappa shape index (κ3) is 3.30. The van der Waals surface area contributed by atoms with E-state index in [4.69, 9.17) is 0 Å². The highest BCUT2D eigenvalue weighted by atomic mass is 79.9. The Morgan fingerprint density at radius 2 is 2.00 bits per heavy atom. The van der Waals surface area contributed by atoms with Gasteiger partial charge in [0.05, 0.1) is 12.2 Å². The Kier molecular flexibility index (Phi) is 3.84. The molecule has 0 amide bonds. The molecule has 90 valence electrons. The molecule has 0 aliphatic rings. The summed E-state index contributed by atoms with van der Waals surface area (Å²) in [6, 6.07) is 6.32. The number of nitrogens with one attached hydrogen (secondary N) is 1. The first kappa shape index (κ1) is 12.6. The van der Waals surface area contributed by atoms with Crippen LogP contribution in [0, 0.1) is 20.8 Å². The predicted octanol–water partition coefficient (Wildman–Crippen LogP) is 4.44. The smallest absolute Gasteiger partial charge is 0.112 e. The third-order valence-electron chi connectivity index (χ3n) is 2.56. The second-order valence-electron chi connectivity index (χ2n) is 4.12. The zero-order valence-corrected chi connectivity index (χ0v) is 12.6. The highest BCUT2D eigenvalue weighted by Gasteiger charge is 2.03. The summed E-state index contributed by atoms with van der Waals surface area (Å²) in [6.45, 7) is 7.04. The van der Waals surface area contributed by atoms with Crippen molar-refractivity contribution in [3.05, 3.63) is 43.8 Å². The van der Waals surface area contributed by atoms with E-state index in [9.17, 15) is 0 Å². The van der Waals surface area contributed by atoms with Crippen molar-refractivity contribution in [2.45, 2.75) is 27.3 Å². The number of rotatable bonds is 3. The van der Waals surface area contributed by atoms with Gasteiger partial charge in [-0.25, -0.2) is 4.98 Å². The van der Waals surface area contributed by atoms with Crippen molar-refractivity contribution < 1.29 is 0 Å². The van der Waals surface area contributed by atoms with Crippen LogP contribution in [0.1, 0.15) is 21.1 Å². The molecule has 0 aliphatic heterocycles. The minimum atomic E-state index is 0.787. The summed E-state index contributed by atoms with van der Waals surface area (Å²) in [7, 11) is 0. The molecule has 0 atom stereocenters. The van der Waals surface area contributed by atoms with Gasteiger partial charge in [0, 0.05) is 15.0 Å². The molecule has 4 heteroatoms. The third-order valence-corrected chi connectivity index (χ3v) is 4.09. The lowest BCUT2D eigenvalue weighted by molar-refractivity contribution is 1.07. The number of aryl methyl sites for hydroxylation is 3. The number of halogens is 1. The number of anilines is 1. The summed E-state index contributed by atoms with van der Waals surface area (Å²) in [6.07, 6.45) is 0. The second-order valence-corrected chi connectivity index (χ2v) is 6.32. The van der Waals surface area contributed by atoms with E-state index in [-0.39, 0.29) is 0 Å². The zero-order chi connectivity index (χ0) is 12.4. The lowest BCUT2D eigenvalue weighted by atomic mass is 10.2. The number of thiazole rings is 1. The van der Waals surface area contributed by atoms with Crippen LogP contribution < -0.4 is 5.32 Å². The summed E-state index contributed by atoms with van der Waals surface area (Å²) in [5, 5.41) is 4.54. The Morgan fingerprint density at radius 3 is 2.59 bits per heavy atom. The van der Waals surface area contributed by atoms with Gasteiger partial charge in [0.2, 0.25) is 0 Å². The average molecular weight is 311 g/mol. The Hall–Kier alpha value is -0.870. The molecule has 0 saturated heterocycles. The molecule has 2 rings (SSSR count). The molecule has 1 heterocycles. The molecular weight excluding hydrogens is 296 g/mol. The fourth-order valence-corrected chi connectivity index (χ4v) is 3.11. The molecule has 0 unspecified atom stereocenters. The van der Waals surface area contributed by atoms with Crippen LogP contribution in [0.5, 0.6) is 0 Å². The standard InChI is InChI=1S/C13H15BrN2S/c1-8-4-11(14)6-12(5-8)15-7-13-16-9(2)10(3)17-13/h4-6,15H,7H2,1-3H3. The largest absolute Gasteiger partial charge is 0.378 e. The van der Waals surface area contributed by atoms with E-state index in [2.05, 4.69) is 65.2 Å². The topological polar surface area (TPSA) is 24.9 Å². The first-order chi connectivity index (χ1) is 8.04. The second kappa shape index (κ2) is 5.19. The highest BCUT2D eigenvalue weighted by Crippen LogP contribution is 2.21. The van der Waals surface area contributed by atoms with Gasteiger partial charge in [0.25, 0.3) is 0 Å². The monoisotopic (exact) mass is 310 g/mol. The van der Waals surface area contributed by atoms with Gasteiger partial charge in [-0.3, -0.25) is 0 Å². The van der Waals surface area contributed by atoms with Crippen LogP contribution in [-0.2, 0) is 6.54 Å². The molecular formula is C13H15BrN2S. The molecule has 2 nitrogen and oxygen atoms in total. The number of hydrogen-bond acceptors (Lipinski definition) is 3. The lowest BCUT2D eigenvalue weighted by Gasteiger charge is -2.06. The minimum absolute atomic E-state index is 0.787. The van der Waals surface area contributed by atoms with E-state index in [0.717, 1.165) is 27.4 Å². The van der Waals surface area contributed by atoms with Gasteiger partial charge in [-0.1, -0.05) is 15.9 Å². The van der Waals surface area contributed by atoms with Crippen LogP contribution in [0.15, 0.2) is 22.7 Å². The lowest BCUT2D eigenvalue weighted by Crippen LogP contribution is -1.99. The van der Waals surface area contributed by atoms with Crippen molar-refractivity contribution >= 4 is 33.0 Å². The van der Waals surface area contributed by atoms with Gasteiger partial charge in [-0.15, -0.1) is 11.3 Å². The number of benzene rings is 1. The van der Waals surface area contributed by atoms with E-state index in [0.29, 0.717) is 0 Å². The van der Waals surface area contributed by atoms with Crippen molar-refractivity contribution in [1.29, 1.82) is 0 Å². The van der Waals surface area contributed by atoms with Crippen LogP contribution in [0.3, 0.4) is 0 Å². The summed E-state index contributed by atoms with van der Waals surface area (Å²) >= 11 is 5.26. The van der Waals surface area contributed by atoms with Crippen LogP contribution in [0.4, 0.5) is 5.69 Å². The molecule has 1 aromatic carbocycles. The molecule has 0 spiro atoms. The normalized spacial score (nSPS) is 10.6. The zero-order valence-electron chi connectivity index (χ0n) is 10.2. The minimum Gasteiger partial charge on any atom is -0.378 e. The number of nitrogens with zero attached hydrogens (tertiary/aromatic N) is 1. The Balaban J connectivity index is 2.07. The first-order valence-corrected chi connectivity index (χ1v) is 7.09. The summed E-state index contributed by atoms with van der Waals surface area (Å²) in [5.74, 6) is 0. The average Bonchev–Trinajstić information content (AvgIpc) is 2.54. The van der Waals surface area contributed by atoms with Gasteiger partial charge >= 0.3 is 0 Å². The van der Waals surface area contributed by atoms with Gasteiger partial charge in [0.15, 0.2) is 0 Å². The Morgan fingerprint density at radius 1 is 1.24 bits per heavy atom. The molecule has 0 aliphatic carbocycles. The highest BCUT2D eigenvalue weighted by molar-refractivity contribution is 9.10. The van der Waals surface area contributed by atoms with E-state index < -0.39 is 0 Å². The van der Waals surface area contributed by atoms with Crippen LogP contribution in [0.25, 0.3) is 0 Å². The molecule has 0 bridgehead atoms. The van der Waals surface area contributed by atoms with E-state index in [1.807, 2.05) is 0 Å². The maximum atomic E-state index is 4.51. The van der Waals surface area contributed by atoms with Crippen molar-refractivity contribution in [3.8, 4) is 0 Å². The summed E-state index contributed by atoms with van der Waals surface area (Å²) in [5.41, 5.74) is 3.51. The van der Waals surface area contributed by atoms with E-state index in [1.54, 1.807) is 11.3 Å². The number of hydrogen-bond donors (Lipinski definition) is 1. The van der Waals surface area contributed by atoms with E-state index in [1.165, 1.54) is 10.4 Å². The summed E-state index contributed by atoms with van der Waals surface area (Å²) < 4.78 is 1.10. The van der Waals surface area contributed by atoms with Gasteiger partial charge < -0.3 is 5.32 Å². The molecule has 0 fully saturated rings.